The number of anilines is 1. The normalized spacial score (nSPS) is 20.6. The van der Waals surface area contributed by atoms with Gasteiger partial charge < -0.3 is 14.5 Å². The fraction of sp³-hybridized carbons (Fsp3) is 0.786. The molecule has 1 saturated heterocycles. The topological polar surface area (TPSA) is 31.8 Å². The van der Waals surface area contributed by atoms with Crippen molar-refractivity contribution in [2.24, 2.45) is 0 Å². The lowest BCUT2D eigenvalue weighted by Gasteiger charge is -2.33. The fourth-order valence-electron chi connectivity index (χ4n) is 2.30. The highest BCUT2D eigenvalue weighted by Crippen LogP contribution is 2.22. The second kappa shape index (κ2) is 7.36. The summed E-state index contributed by atoms with van der Waals surface area (Å²) in [6.07, 6.45) is 3.48. The number of aromatic nitrogens is 1. The summed E-state index contributed by atoms with van der Waals surface area (Å²) in [5, 5.41) is 1.08. The molecule has 114 valence electrons. The Hall–Kier alpha value is -0.690. The Balaban J connectivity index is 1.82. The lowest BCUT2D eigenvalue weighted by Crippen LogP contribution is -2.42. The summed E-state index contributed by atoms with van der Waals surface area (Å²) in [7, 11) is 8.30. The molecule has 0 aliphatic carbocycles. The molecule has 20 heavy (non-hydrogen) atoms. The highest BCUT2D eigenvalue weighted by Gasteiger charge is 2.21. The van der Waals surface area contributed by atoms with E-state index in [-0.39, 0.29) is 0 Å². The van der Waals surface area contributed by atoms with Gasteiger partial charge in [-0.3, -0.25) is 4.90 Å². The van der Waals surface area contributed by atoms with Crippen LogP contribution in [-0.4, -0.2) is 75.3 Å². The van der Waals surface area contributed by atoms with E-state index < -0.39 is 0 Å². The molecular weight excluding hydrogens is 272 g/mol. The Morgan fingerprint density at radius 1 is 1.40 bits per heavy atom. The van der Waals surface area contributed by atoms with Gasteiger partial charge in [0.25, 0.3) is 0 Å². The molecule has 6 heteroatoms. The summed E-state index contributed by atoms with van der Waals surface area (Å²) >= 11 is 1.78. The first-order chi connectivity index (χ1) is 9.54. The van der Waals surface area contributed by atoms with Crippen LogP contribution in [0.5, 0.6) is 0 Å². The number of thiazole rings is 1. The molecule has 0 radical (unpaired) electrons. The molecule has 1 aliphatic heterocycles. The largest absolute Gasteiger partial charge is 0.376 e. The predicted octanol–water partition coefficient (Wildman–Crippen LogP) is 1.36. The molecule has 0 aromatic carbocycles. The van der Waals surface area contributed by atoms with Crippen LogP contribution in [0.15, 0.2) is 6.20 Å². The van der Waals surface area contributed by atoms with Crippen molar-refractivity contribution in [1.82, 2.24) is 14.8 Å². The maximum atomic E-state index is 5.85. The van der Waals surface area contributed by atoms with Gasteiger partial charge in [0.05, 0.1) is 12.7 Å². The van der Waals surface area contributed by atoms with Gasteiger partial charge in [0.1, 0.15) is 0 Å². The van der Waals surface area contributed by atoms with Crippen LogP contribution in [0.25, 0.3) is 0 Å². The van der Waals surface area contributed by atoms with Crippen LogP contribution in [0.3, 0.4) is 0 Å². The highest BCUT2D eigenvalue weighted by molar-refractivity contribution is 7.15. The third-order valence-electron chi connectivity index (χ3n) is 3.42. The van der Waals surface area contributed by atoms with Crippen molar-refractivity contribution in [1.29, 1.82) is 0 Å². The summed E-state index contributed by atoms with van der Waals surface area (Å²) in [6, 6.07) is 0. The summed E-state index contributed by atoms with van der Waals surface area (Å²) in [6.45, 7) is 4.98. The third kappa shape index (κ3) is 4.70. The highest BCUT2D eigenvalue weighted by atomic mass is 32.1. The van der Waals surface area contributed by atoms with E-state index in [2.05, 4.69) is 33.8 Å². The van der Waals surface area contributed by atoms with Crippen LogP contribution in [0.2, 0.25) is 0 Å². The monoisotopic (exact) mass is 298 g/mol. The van der Waals surface area contributed by atoms with E-state index in [0.29, 0.717) is 6.10 Å². The predicted molar refractivity (Wildman–Crippen MR) is 84.6 cm³/mol. The first kappa shape index (κ1) is 15.7. The number of morpholine rings is 1. The van der Waals surface area contributed by atoms with Gasteiger partial charge >= 0.3 is 0 Å². The minimum absolute atomic E-state index is 0.368. The molecular formula is C14H26N4OS. The zero-order valence-electron chi connectivity index (χ0n) is 13.0. The van der Waals surface area contributed by atoms with E-state index in [4.69, 9.17) is 4.74 Å². The lowest BCUT2D eigenvalue weighted by atomic mass is 10.2. The van der Waals surface area contributed by atoms with Crippen LogP contribution in [0.1, 0.15) is 11.3 Å². The van der Waals surface area contributed by atoms with E-state index >= 15 is 0 Å². The van der Waals surface area contributed by atoms with Gasteiger partial charge in [-0.15, -0.1) is 11.3 Å². The van der Waals surface area contributed by atoms with E-state index in [0.717, 1.165) is 44.3 Å². The van der Waals surface area contributed by atoms with Crippen molar-refractivity contribution in [3.05, 3.63) is 11.1 Å². The van der Waals surface area contributed by atoms with Crippen molar-refractivity contribution in [2.75, 3.05) is 59.3 Å². The van der Waals surface area contributed by atoms with E-state index in [1.807, 2.05) is 20.3 Å². The first-order valence-electron chi connectivity index (χ1n) is 7.15. The number of hydrogen-bond acceptors (Lipinski definition) is 6. The summed E-state index contributed by atoms with van der Waals surface area (Å²) in [4.78, 5) is 12.5. The summed E-state index contributed by atoms with van der Waals surface area (Å²) < 4.78 is 5.85. The smallest absolute Gasteiger partial charge is 0.185 e. The molecule has 0 saturated carbocycles. The Labute approximate surface area is 126 Å². The van der Waals surface area contributed by atoms with Gasteiger partial charge in [-0.1, -0.05) is 0 Å². The molecule has 0 spiro atoms. The van der Waals surface area contributed by atoms with Gasteiger partial charge in [-0.05, 0) is 20.5 Å². The number of nitrogens with zero attached hydrogens (tertiary/aromatic N) is 4. The van der Waals surface area contributed by atoms with Gasteiger partial charge in [0.15, 0.2) is 5.13 Å². The molecule has 1 aromatic rings. The van der Waals surface area contributed by atoms with Crippen LogP contribution >= 0.6 is 11.3 Å². The molecule has 0 unspecified atom stereocenters. The number of ether oxygens (including phenoxy) is 1. The molecule has 1 aromatic heterocycles. The zero-order chi connectivity index (χ0) is 14.5. The molecule has 2 heterocycles. The van der Waals surface area contributed by atoms with Crippen molar-refractivity contribution < 1.29 is 4.74 Å². The minimum Gasteiger partial charge on any atom is -0.376 e. The maximum absolute atomic E-state index is 5.85. The second-order valence-corrected chi connectivity index (χ2v) is 6.92. The Morgan fingerprint density at radius 2 is 2.20 bits per heavy atom. The van der Waals surface area contributed by atoms with Gasteiger partial charge in [-0.25, -0.2) is 4.98 Å². The van der Waals surface area contributed by atoms with E-state index in [9.17, 15) is 0 Å². The Kier molecular flexibility index (Phi) is 5.77. The van der Waals surface area contributed by atoms with E-state index in [1.54, 1.807) is 11.3 Å². The number of rotatable bonds is 6. The van der Waals surface area contributed by atoms with E-state index in [1.165, 1.54) is 4.88 Å². The SMILES string of the molecule is CN(C)CC[C@H]1CN(Cc2cnc(N(C)C)s2)CCO1. The Bertz CT molecular complexity index is 408. The second-order valence-electron chi connectivity index (χ2n) is 5.82. The van der Waals surface area contributed by atoms with Crippen LogP contribution in [0.4, 0.5) is 5.13 Å². The van der Waals surface area contributed by atoms with Crippen LogP contribution < -0.4 is 4.90 Å². The fourth-order valence-corrected chi connectivity index (χ4v) is 3.17. The molecule has 0 N–H and O–H groups in total. The van der Waals surface area contributed by atoms with Crippen LogP contribution in [0, 0.1) is 0 Å². The number of hydrogen-bond donors (Lipinski definition) is 0. The summed E-state index contributed by atoms with van der Waals surface area (Å²) in [5.41, 5.74) is 0. The standard InChI is InChI=1S/C14H26N4OS/c1-16(2)6-5-12-10-18(7-8-19-12)11-13-9-15-14(20-13)17(3)4/h9,12H,5-8,10-11H2,1-4H3/t12-/m0/s1. The van der Waals surface area contributed by atoms with Gasteiger partial charge in [-0.2, -0.15) is 0 Å². The maximum Gasteiger partial charge on any atom is 0.185 e. The Morgan fingerprint density at radius 3 is 2.85 bits per heavy atom. The molecule has 1 atom stereocenters. The van der Waals surface area contributed by atoms with Gasteiger partial charge in [0, 0.05) is 51.3 Å². The molecule has 2 rings (SSSR count). The minimum atomic E-state index is 0.368. The van der Waals surface area contributed by atoms with Crippen molar-refractivity contribution in [3.8, 4) is 0 Å². The van der Waals surface area contributed by atoms with Crippen LogP contribution in [-0.2, 0) is 11.3 Å². The van der Waals surface area contributed by atoms with Crippen molar-refractivity contribution >= 4 is 16.5 Å². The third-order valence-corrected chi connectivity index (χ3v) is 4.57. The average molecular weight is 298 g/mol. The zero-order valence-corrected chi connectivity index (χ0v) is 13.8. The lowest BCUT2D eigenvalue weighted by molar-refractivity contribution is -0.0367. The summed E-state index contributed by atoms with van der Waals surface area (Å²) in [5.74, 6) is 0. The first-order valence-corrected chi connectivity index (χ1v) is 7.97. The quantitative estimate of drug-likeness (QED) is 0.792. The van der Waals surface area contributed by atoms with Crippen molar-refractivity contribution in [2.45, 2.75) is 19.1 Å². The van der Waals surface area contributed by atoms with Crippen molar-refractivity contribution in [3.63, 3.8) is 0 Å². The molecule has 1 fully saturated rings. The molecule has 0 amide bonds. The molecule has 5 nitrogen and oxygen atoms in total. The molecule has 0 bridgehead atoms. The molecule has 1 aliphatic rings. The average Bonchev–Trinajstić information content (AvgIpc) is 2.85. The van der Waals surface area contributed by atoms with Gasteiger partial charge in [0.2, 0.25) is 0 Å².